The standard InChI is InChI=1S/C18H28N2O/c1-14-7-6-10-17(15(14)2)20-18(21)13-19-12-11-16-8-4-3-5-9-16/h3-5,8-9,14-15,17,19H,6-7,10-13H2,1-2H3,(H,20,21)/t14-,15+,17-/m1/s1. The zero-order valence-electron chi connectivity index (χ0n) is 13.3. The van der Waals surface area contributed by atoms with Crippen molar-refractivity contribution in [1.82, 2.24) is 10.6 Å². The van der Waals surface area contributed by atoms with Crippen molar-refractivity contribution in [2.24, 2.45) is 11.8 Å². The van der Waals surface area contributed by atoms with Crippen LogP contribution in [0.25, 0.3) is 0 Å². The molecule has 0 saturated heterocycles. The van der Waals surface area contributed by atoms with E-state index < -0.39 is 0 Å². The van der Waals surface area contributed by atoms with Gasteiger partial charge in [-0.15, -0.1) is 0 Å². The Morgan fingerprint density at radius 1 is 1.19 bits per heavy atom. The average molecular weight is 288 g/mol. The Balaban J connectivity index is 1.63. The molecular weight excluding hydrogens is 260 g/mol. The zero-order valence-corrected chi connectivity index (χ0v) is 13.3. The van der Waals surface area contributed by atoms with E-state index in [4.69, 9.17) is 0 Å². The predicted molar refractivity (Wildman–Crippen MR) is 87.1 cm³/mol. The van der Waals surface area contributed by atoms with Crippen LogP contribution in [-0.2, 0) is 11.2 Å². The number of benzene rings is 1. The van der Waals surface area contributed by atoms with Crippen LogP contribution in [0.15, 0.2) is 30.3 Å². The van der Waals surface area contributed by atoms with E-state index in [1.165, 1.54) is 18.4 Å². The Hall–Kier alpha value is -1.35. The van der Waals surface area contributed by atoms with Crippen molar-refractivity contribution >= 4 is 5.91 Å². The van der Waals surface area contributed by atoms with Crippen LogP contribution in [0.3, 0.4) is 0 Å². The highest BCUT2D eigenvalue weighted by Gasteiger charge is 2.27. The molecule has 21 heavy (non-hydrogen) atoms. The molecule has 116 valence electrons. The summed E-state index contributed by atoms with van der Waals surface area (Å²) in [6.45, 7) is 5.82. The van der Waals surface area contributed by atoms with E-state index in [0.717, 1.165) is 25.3 Å². The molecule has 0 spiro atoms. The number of hydrogen-bond acceptors (Lipinski definition) is 2. The molecular formula is C18H28N2O. The van der Waals surface area contributed by atoms with E-state index in [1.807, 2.05) is 18.2 Å². The molecule has 3 nitrogen and oxygen atoms in total. The molecule has 3 heteroatoms. The largest absolute Gasteiger partial charge is 0.352 e. The normalized spacial score (nSPS) is 25.5. The number of carbonyl (C=O) groups excluding carboxylic acids is 1. The molecule has 0 aliphatic heterocycles. The maximum Gasteiger partial charge on any atom is 0.234 e. The van der Waals surface area contributed by atoms with Crippen LogP contribution in [0.4, 0.5) is 0 Å². The van der Waals surface area contributed by atoms with Crippen molar-refractivity contribution in [2.75, 3.05) is 13.1 Å². The van der Waals surface area contributed by atoms with Gasteiger partial charge in [0.2, 0.25) is 5.91 Å². The minimum absolute atomic E-state index is 0.133. The van der Waals surface area contributed by atoms with Crippen LogP contribution in [0, 0.1) is 11.8 Å². The van der Waals surface area contributed by atoms with Crippen LogP contribution < -0.4 is 10.6 Å². The Kier molecular flexibility index (Phi) is 6.24. The summed E-state index contributed by atoms with van der Waals surface area (Å²) in [6.07, 6.45) is 4.62. The molecule has 1 saturated carbocycles. The van der Waals surface area contributed by atoms with Gasteiger partial charge in [-0.1, -0.05) is 57.0 Å². The second-order valence-corrected chi connectivity index (χ2v) is 6.35. The Bertz CT molecular complexity index is 432. The summed E-state index contributed by atoms with van der Waals surface area (Å²) < 4.78 is 0. The third kappa shape index (κ3) is 5.16. The van der Waals surface area contributed by atoms with E-state index in [0.29, 0.717) is 18.5 Å². The summed E-state index contributed by atoms with van der Waals surface area (Å²) >= 11 is 0. The summed E-state index contributed by atoms with van der Waals surface area (Å²) in [4.78, 5) is 12.0. The number of carbonyl (C=O) groups is 1. The minimum Gasteiger partial charge on any atom is -0.352 e. The highest BCUT2D eigenvalue weighted by atomic mass is 16.1. The van der Waals surface area contributed by atoms with Gasteiger partial charge in [0.05, 0.1) is 6.54 Å². The highest BCUT2D eigenvalue weighted by Crippen LogP contribution is 2.29. The van der Waals surface area contributed by atoms with Gasteiger partial charge < -0.3 is 10.6 Å². The molecule has 1 aliphatic carbocycles. The van der Waals surface area contributed by atoms with Gasteiger partial charge in [0, 0.05) is 6.04 Å². The van der Waals surface area contributed by atoms with Gasteiger partial charge in [-0.05, 0) is 36.8 Å². The molecule has 1 amide bonds. The lowest BCUT2D eigenvalue weighted by molar-refractivity contribution is -0.121. The molecule has 1 fully saturated rings. The van der Waals surface area contributed by atoms with Gasteiger partial charge in [0.25, 0.3) is 0 Å². The molecule has 2 rings (SSSR count). The van der Waals surface area contributed by atoms with Crippen molar-refractivity contribution in [2.45, 2.75) is 45.6 Å². The summed E-state index contributed by atoms with van der Waals surface area (Å²) in [6, 6.07) is 10.7. The molecule has 1 aliphatic rings. The maximum absolute atomic E-state index is 12.0. The van der Waals surface area contributed by atoms with E-state index in [1.54, 1.807) is 0 Å². The topological polar surface area (TPSA) is 41.1 Å². The molecule has 0 heterocycles. The third-order valence-electron chi connectivity index (χ3n) is 4.77. The summed E-state index contributed by atoms with van der Waals surface area (Å²) in [5.41, 5.74) is 1.31. The first-order chi connectivity index (χ1) is 10.2. The van der Waals surface area contributed by atoms with E-state index in [9.17, 15) is 4.79 Å². The van der Waals surface area contributed by atoms with Crippen molar-refractivity contribution in [1.29, 1.82) is 0 Å². The smallest absolute Gasteiger partial charge is 0.234 e. The fourth-order valence-electron chi connectivity index (χ4n) is 3.12. The fourth-order valence-corrected chi connectivity index (χ4v) is 3.12. The molecule has 0 unspecified atom stereocenters. The summed E-state index contributed by atoms with van der Waals surface area (Å²) in [7, 11) is 0. The lowest BCUT2D eigenvalue weighted by atomic mass is 9.78. The molecule has 0 aromatic heterocycles. The van der Waals surface area contributed by atoms with Gasteiger partial charge in [-0.25, -0.2) is 0 Å². The summed E-state index contributed by atoms with van der Waals surface area (Å²) in [5.74, 6) is 1.44. The first-order valence-corrected chi connectivity index (χ1v) is 8.21. The molecule has 3 atom stereocenters. The lowest BCUT2D eigenvalue weighted by Gasteiger charge is -2.34. The Labute approximate surface area is 128 Å². The first-order valence-electron chi connectivity index (χ1n) is 8.21. The van der Waals surface area contributed by atoms with Crippen molar-refractivity contribution in [3.8, 4) is 0 Å². The number of nitrogens with one attached hydrogen (secondary N) is 2. The minimum atomic E-state index is 0.133. The number of hydrogen-bond donors (Lipinski definition) is 2. The Morgan fingerprint density at radius 2 is 1.95 bits per heavy atom. The van der Waals surface area contributed by atoms with Crippen LogP contribution in [0.1, 0.15) is 38.7 Å². The molecule has 0 bridgehead atoms. The number of amides is 1. The molecule has 0 radical (unpaired) electrons. The number of rotatable bonds is 6. The first kappa shape index (κ1) is 16.0. The third-order valence-corrected chi connectivity index (χ3v) is 4.77. The highest BCUT2D eigenvalue weighted by molar-refractivity contribution is 5.78. The van der Waals surface area contributed by atoms with E-state index in [2.05, 4.69) is 36.6 Å². The monoisotopic (exact) mass is 288 g/mol. The summed E-state index contributed by atoms with van der Waals surface area (Å²) in [5, 5.41) is 6.43. The second kappa shape index (κ2) is 8.18. The van der Waals surface area contributed by atoms with Crippen molar-refractivity contribution in [3.63, 3.8) is 0 Å². The maximum atomic E-state index is 12.0. The van der Waals surface area contributed by atoms with E-state index in [-0.39, 0.29) is 5.91 Å². The Morgan fingerprint density at radius 3 is 2.71 bits per heavy atom. The molecule has 2 N–H and O–H groups in total. The van der Waals surface area contributed by atoms with Crippen LogP contribution in [0.2, 0.25) is 0 Å². The van der Waals surface area contributed by atoms with Gasteiger partial charge in [0.1, 0.15) is 0 Å². The van der Waals surface area contributed by atoms with Crippen LogP contribution in [0.5, 0.6) is 0 Å². The van der Waals surface area contributed by atoms with Gasteiger partial charge in [0.15, 0.2) is 0 Å². The fraction of sp³-hybridized carbons (Fsp3) is 0.611. The van der Waals surface area contributed by atoms with Gasteiger partial charge in [-0.3, -0.25) is 4.79 Å². The zero-order chi connectivity index (χ0) is 15.1. The lowest BCUT2D eigenvalue weighted by Crippen LogP contribution is -2.46. The van der Waals surface area contributed by atoms with E-state index >= 15 is 0 Å². The van der Waals surface area contributed by atoms with Crippen molar-refractivity contribution < 1.29 is 4.79 Å². The SMILES string of the molecule is C[C@H]1[C@H](C)CCC[C@H]1NC(=O)CNCCc1ccccc1. The average Bonchev–Trinajstić information content (AvgIpc) is 2.49. The van der Waals surface area contributed by atoms with Gasteiger partial charge in [-0.2, -0.15) is 0 Å². The van der Waals surface area contributed by atoms with Crippen LogP contribution >= 0.6 is 0 Å². The van der Waals surface area contributed by atoms with Crippen LogP contribution in [-0.4, -0.2) is 25.0 Å². The molecule has 1 aromatic rings. The van der Waals surface area contributed by atoms with Gasteiger partial charge >= 0.3 is 0 Å². The second-order valence-electron chi connectivity index (χ2n) is 6.35. The predicted octanol–water partition coefficient (Wildman–Crippen LogP) is 2.76. The quantitative estimate of drug-likeness (QED) is 0.790. The molecule has 1 aromatic carbocycles. The van der Waals surface area contributed by atoms with Crippen molar-refractivity contribution in [3.05, 3.63) is 35.9 Å².